The van der Waals surface area contributed by atoms with Crippen LogP contribution in [0.25, 0.3) is 0 Å². The number of halogens is 1. The first-order chi connectivity index (χ1) is 13.3. The third-order valence-electron chi connectivity index (χ3n) is 4.95. The minimum absolute atomic E-state index is 0.0366. The molecule has 148 valence electrons. The van der Waals surface area contributed by atoms with Gasteiger partial charge in [-0.25, -0.2) is 8.42 Å². The molecular formula is C20H20BrNO5S. The quantitative estimate of drug-likeness (QED) is 0.695. The summed E-state index contributed by atoms with van der Waals surface area (Å²) in [5, 5.41) is 0. The van der Waals surface area contributed by atoms with E-state index < -0.39 is 9.84 Å². The minimum atomic E-state index is -3.27. The Morgan fingerprint density at radius 1 is 1.14 bits per heavy atom. The van der Waals surface area contributed by atoms with Crippen molar-refractivity contribution in [3.05, 3.63) is 45.9 Å². The lowest BCUT2D eigenvalue weighted by molar-refractivity contribution is -0.118. The number of amides is 1. The van der Waals surface area contributed by atoms with Crippen LogP contribution in [0.15, 0.2) is 39.7 Å². The number of aryl methyl sites for hydroxylation is 1. The predicted octanol–water partition coefficient (Wildman–Crippen LogP) is 3.15. The topological polar surface area (TPSA) is 72.9 Å². The van der Waals surface area contributed by atoms with Crippen LogP contribution in [0, 0.1) is 0 Å². The van der Waals surface area contributed by atoms with Crippen LogP contribution < -0.4 is 14.4 Å². The molecule has 0 aliphatic carbocycles. The summed E-state index contributed by atoms with van der Waals surface area (Å²) < 4.78 is 35.6. The lowest BCUT2D eigenvalue weighted by atomic mass is 10.0. The molecule has 4 rings (SSSR count). The minimum Gasteiger partial charge on any atom is -0.486 e. The second kappa shape index (κ2) is 7.40. The van der Waals surface area contributed by atoms with E-state index in [1.54, 1.807) is 23.1 Å². The largest absolute Gasteiger partial charge is 0.486 e. The first kappa shape index (κ1) is 19.3. The van der Waals surface area contributed by atoms with Crippen LogP contribution in [0.3, 0.4) is 0 Å². The number of nitrogens with zero attached hydrogens (tertiary/aromatic N) is 1. The van der Waals surface area contributed by atoms with E-state index in [1.165, 1.54) is 6.26 Å². The maximum atomic E-state index is 13.0. The SMILES string of the molecule is CS(=O)(=O)c1ccc2c(c1)CCCN2C(=O)Cc1cc2c(cc1Br)OCCO2. The Kier molecular flexibility index (Phi) is 5.09. The van der Waals surface area contributed by atoms with Crippen molar-refractivity contribution in [1.29, 1.82) is 0 Å². The summed E-state index contributed by atoms with van der Waals surface area (Å²) in [5.74, 6) is 1.28. The van der Waals surface area contributed by atoms with Gasteiger partial charge < -0.3 is 14.4 Å². The van der Waals surface area contributed by atoms with Gasteiger partial charge in [0.25, 0.3) is 0 Å². The fourth-order valence-electron chi connectivity index (χ4n) is 3.56. The van der Waals surface area contributed by atoms with Crippen molar-refractivity contribution < 1.29 is 22.7 Å². The Morgan fingerprint density at radius 2 is 1.86 bits per heavy atom. The summed E-state index contributed by atoms with van der Waals surface area (Å²) >= 11 is 3.52. The zero-order valence-corrected chi connectivity index (χ0v) is 17.8. The van der Waals surface area contributed by atoms with Gasteiger partial charge in [-0.15, -0.1) is 0 Å². The van der Waals surface area contributed by atoms with Gasteiger partial charge in [0.1, 0.15) is 13.2 Å². The Morgan fingerprint density at radius 3 is 2.57 bits per heavy atom. The molecule has 0 unspecified atom stereocenters. The molecule has 2 aromatic rings. The summed E-state index contributed by atoms with van der Waals surface area (Å²) in [6.07, 6.45) is 2.97. The van der Waals surface area contributed by atoms with Crippen LogP contribution in [0.4, 0.5) is 5.69 Å². The second-order valence-corrected chi connectivity index (χ2v) is 9.85. The van der Waals surface area contributed by atoms with Crippen molar-refractivity contribution in [3.63, 3.8) is 0 Å². The van der Waals surface area contributed by atoms with E-state index in [0.29, 0.717) is 31.3 Å². The molecule has 0 spiro atoms. The van der Waals surface area contributed by atoms with Crippen molar-refractivity contribution in [2.75, 3.05) is 30.9 Å². The standard InChI is InChI=1S/C20H20BrNO5S/c1-28(24,25)15-4-5-17-13(9-15)3-2-6-22(17)20(23)11-14-10-18-19(12-16(14)21)27-8-7-26-18/h4-5,9-10,12H,2-3,6-8,11H2,1H3. The smallest absolute Gasteiger partial charge is 0.231 e. The van der Waals surface area contributed by atoms with Gasteiger partial charge >= 0.3 is 0 Å². The van der Waals surface area contributed by atoms with Gasteiger partial charge in [-0.3, -0.25) is 4.79 Å². The van der Waals surface area contributed by atoms with Gasteiger partial charge in [-0.2, -0.15) is 0 Å². The number of hydrogen-bond acceptors (Lipinski definition) is 5. The average Bonchev–Trinajstić information content (AvgIpc) is 2.67. The highest BCUT2D eigenvalue weighted by molar-refractivity contribution is 9.10. The molecule has 0 radical (unpaired) electrons. The first-order valence-corrected chi connectivity index (χ1v) is 11.7. The Balaban J connectivity index is 1.60. The number of fused-ring (bicyclic) bond motifs is 2. The van der Waals surface area contributed by atoms with E-state index in [0.717, 1.165) is 34.1 Å². The third kappa shape index (κ3) is 3.75. The zero-order valence-electron chi connectivity index (χ0n) is 15.4. The molecule has 2 aromatic carbocycles. The fraction of sp³-hybridized carbons (Fsp3) is 0.350. The predicted molar refractivity (Wildman–Crippen MR) is 109 cm³/mol. The normalized spacial score (nSPS) is 15.9. The van der Waals surface area contributed by atoms with E-state index in [-0.39, 0.29) is 17.2 Å². The van der Waals surface area contributed by atoms with Gasteiger partial charge in [0.15, 0.2) is 21.3 Å². The number of ether oxygens (including phenoxy) is 2. The molecule has 8 heteroatoms. The fourth-order valence-corrected chi connectivity index (χ4v) is 4.70. The number of sulfone groups is 1. The number of carbonyl (C=O) groups is 1. The number of carbonyl (C=O) groups excluding carboxylic acids is 1. The van der Waals surface area contributed by atoms with Crippen molar-refractivity contribution >= 4 is 37.4 Å². The lowest BCUT2D eigenvalue weighted by Gasteiger charge is -2.30. The molecule has 2 aliphatic heterocycles. The van der Waals surface area contributed by atoms with Gasteiger partial charge in [-0.05, 0) is 54.3 Å². The molecule has 6 nitrogen and oxygen atoms in total. The average molecular weight is 466 g/mol. The van der Waals surface area contributed by atoms with E-state index in [2.05, 4.69) is 15.9 Å². The van der Waals surface area contributed by atoms with Crippen molar-refractivity contribution in [2.45, 2.75) is 24.2 Å². The highest BCUT2D eigenvalue weighted by Crippen LogP contribution is 2.36. The highest BCUT2D eigenvalue weighted by atomic mass is 79.9. The molecule has 0 fully saturated rings. The van der Waals surface area contributed by atoms with Crippen molar-refractivity contribution in [2.24, 2.45) is 0 Å². The van der Waals surface area contributed by atoms with E-state index >= 15 is 0 Å². The number of anilines is 1. The monoisotopic (exact) mass is 465 g/mol. The third-order valence-corrected chi connectivity index (χ3v) is 6.80. The molecular weight excluding hydrogens is 446 g/mol. The molecule has 0 saturated carbocycles. The van der Waals surface area contributed by atoms with E-state index in [1.807, 2.05) is 12.1 Å². The summed E-state index contributed by atoms with van der Waals surface area (Å²) in [6, 6.07) is 8.67. The molecule has 0 atom stereocenters. The molecule has 0 saturated heterocycles. The molecule has 0 aromatic heterocycles. The Labute approximate surface area is 172 Å². The molecule has 0 N–H and O–H groups in total. The van der Waals surface area contributed by atoms with E-state index in [9.17, 15) is 13.2 Å². The molecule has 28 heavy (non-hydrogen) atoms. The summed E-state index contributed by atoms with van der Waals surface area (Å²) in [5.41, 5.74) is 2.51. The number of rotatable bonds is 3. The van der Waals surface area contributed by atoms with Crippen molar-refractivity contribution in [3.8, 4) is 11.5 Å². The van der Waals surface area contributed by atoms with Gasteiger partial charge in [0.05, 0.1) is 11.3 Å². The maximum absolute atomic E-state index is 13.0. The van der Waals surface area contributed by atoms with E-state index in [4.69, 9.17) is 9.47 Å². The Bertz CT molecular complexity index is 1050. The van der Waals surface area contributed by atoms with Gasteiger partial charge in [0, 0.05) is 23.0 Å². The van der Waals surface area contributed by atoms with Crippen LogP contribution in [-0.4, -0.2) is 40.3 Å². The summed E-state index contributed by atoms with van der Waals surface area (Å²) in [7, 11) is -3.27. The number of hydrogen-bond donors (Lipinski definition) is 0. The van der Waals surface area contributed by atoms with Crippen LogP contribution in [0.5, 0.6) is 11.5 Å². The van der Waals surface area contributed by atoms with Crippen LogP contribution >= 0.6 is 15.9 Å². The second-order valence-electron chi connectivity index (χ2n) is 6.98. The van der Waals surface area contributed by atoms with Crippen LogP contribution in [0.2, 0.25) is 0 Å². The van der Waals surface area contributed by atoms with Crippen LogP contribution in [-0.2, 0) is 27.5 Å². The van der Waals surface area contributed by atoms with Crippen LogP contribution in [0.1, 0.15) is 17.5 Å². The maximum Gasteiger partial charge on any atom is 0.231 e. The summed E-state index contributed by atoms with van der Waals surface area (Å²) in [4.78, 5) is 15.1. The van der Waals surface area contributed by atoms with Gasteiger partial charge in [-0.1, -0.05) is 15.9 Å². The van der Waals surface area contributed by atoms with Gasteiger partial charge in [0.2, 0.25) is 5.91 Å². The molecule has 0 bridgehead atoms. The number of benzene rings is 2. The summed E-state index contributed by atoms with van der Waals surface area (Å²) in [6.45, 7) is 1.62. The van der Waals surface area contributed by atoms with Crippen molar-refractivity contribution in [1.82, 2.24) is 0 Å². The Hall–Kier alpha value is -2.06. The zero-order chi connectivity index (χ0) is 19.9. The lowest BCUT2D eigenvalue weighted by Crippen LogP contribution is -2.36. The molecule has 2 heterocycles. The molecule has 1 amide bonds. The molecule has 2 aliphatic rings. The first-order valence-electron chi connectivity index (χ1n) is 9.04. The highest BCUT2D eigenvalue weighted by Gasteiger charge is 2.25.